The van der Waals surface area contributed by atoms with E-state index in [1.165, 1.54) is 0 Å². The van der Waals surface area contributed by atoms with Crippen LogP contribution in [-0.2, 0) is 4.79 Å². The molecule has 0 radical (unpaired) electrons. The molecular weight excluding hydrogens is 320 g/mol. The first-order valence-electron chi connectivity index (χ1n) is 8.10. The molecule has 2 aromatic rings. The van der Waals surface area contributed by atoms with E-state index in [9.17, 15) is 4.79 Å². The summed E-state index contributed by atoms with van der Waals surface area (Å²) in [6.07, 6.45) is 0.272. The third kappa shape index (κ3) is 2.90. The molecule has 1 heterocycles. The average Bonchev–Trinajstić information content (AvgIpc) is 2.63. The molecular formula is C20H22O5. The lowest BCUT2D eigenvalue weighted by atomic mass is 9.84. The highest BCUT2D eigenvalue weighted by Gasteiger charge is 2.31. The number of methoxy groups -OCH3 is 3. The van der Waals surface area contributed by atoms with Crippen LogP contribution in [0.25, 0.3) is 0 Å². The minimum atomic E-state index is -0.236. The summed E-state index contributed by atoms with van der Waals surface area (Å²) in [7, 11) is 4.73. The van der Waals surface area contributed by atoms with Crippen molar-refractivity contribution in [3.05, 3.63) is 46.5 Å². The van der Waals surface area contributed by atoms with Gasteiger partial charge in [0, 0.05) is 11.5 Å². The number of hydrogen-bond acceptors (Lipinski definition) is 5. The van der Waals surface area contributed by atoms with Gasteiger partial charge in [-0.05, 0) is 42.7 Å². The molecule has 3 rings (SSSR count). The van der Waals surface area contributed by atoms with Gasteiger partial charge in [-0.1, -0.05) is 12.1 Å². The van der Waals surface area contributed by atoms with Crippen LogP contribution in [0.2, 0.25) is 0 Å². The molecule has 0 bridgehead atoms. The maximum atomic E-state index is 12.2. The Morgan fingerprint density at radius 1 is 1.00 bits per heavy atom. The first-order chi connectivity index (χ1) is 12.0. The normalized spacial score (nSPS) is 16.0. The van der Waals surface area contributed by atoms with Crippen molar-refractivity contribution >= 4 is 5.97 Å². The molecule has 132 valence electrons. The molecule has 0 spiro atoms. The van der Waals surface area contributed by atoms with Crippen LogP contribution in [0.15, 0.2) is 24.3 Å². The molecule has 0 fully saturated rings. The number of fused-ring (bicyclic) bond motifs is 1. The molecule has 0 aliphatic carbocycles. The fourth-order valence-corrected chi connectivity index (χ4v) is 3.25. The monoisotopic (exact) mass is 342 g/mol. The van der Waals surface area contributed by atoms with E-state index in [4.69, 9.17) is 18.9 Å². The molecule has 0 unspecified atom stereocenters. The molecule has 1 atom stereocenters. The van der Waals surface area contributed by atoms with Crippen LogP contribution in [-0.4, -0.2) is 27.3 Å². The minimum Gasteiger partial charge on any atom is -0.493 e. The van der Waals surface area contributed by atoms with Gasteiger partial charge in [0.15, 0.2) is 11.5 Å². The van der Waals surface area contributed by atoms with Gasteiger partial charge >= 0.3 is 5.97 Å². The van der Waals surface area contributed by atoms with E-state index in [0.717, 1.165) is 22.3 Å². The van der Waals surface area contributed by atoms with E-state index in [1.54, 1.807) is 21.3 Å². The van der Waals surface area contributed by atoms with Crippen molar-refractivity contribution in [1.82, 2.24) is 0 Å². The Hall–Kier alpha value is -2.69. The highest BCUT2D eigenvalue weighted by molar-refractivity contribution is 5.79. The molecule has 25 heavy (non-hydrogen) atoms. The number of benzene rings is 2. The van der Waals surface area contributed by atoms with Crippen molar-refractivity contribution in [3.8, 4) is 23.0 Å². The summed E-state index contributed by atoms with van der Waals surface area (Å²) in [4.78, 5) is 12.2. The zero-order valence-corrected chi connectivity index (χ0v) is 15.1. The molecule has 0 aromatic heterocycles. The summed E-state index contributed by atoms with van der Waals surface area (Å²) < 4.78 is 21.8. The quantitative estimate of drug-likeness (QED) is 0.625. The van der Waals surface area contributed by atoms with Crippen LogP contribution in [0.4, 0.5) is 0 Å². The molecule has 5 nitrogen and oxygen atoms in total. The van der Waals surface area contributed by atoms with Crippen LogP contribution in [0.1, 0.15) is 34.6 Å². The topological polar surface area (TPSA) is 54.0 Å². The highest BCUT2D eigenvalue weighted by Crippen LogP contribution is 2.46. The lowest BCUT2D eigenvalue weighted by molar-refractivity contribution is -0.135. The Labute approximate surface area is 147 Å². The van der Waals surface area contributed by atoms with Crippen molar-refractivity contribution in [3.63, 3.8) is 0 Å². The predicted octanol–water partition coefficient (Wildman–Crippen LogP) is 3.77. The van der Waals surface area contributed by atoms with Crippen molar-refractivity contribution in [2.45, 2.75) is 26.2 Å². The van der Waals surface area contributed by atoms with Gasteiger partial charge in [-0.3, -0.25) is 4.79 Å². The van der Waals surface area contributed by atoms with Crippen molar-refractivity contribution in [1.29, 1.82) is 0 Å². The predicted molar refractivity (Wildman–Crippen MR) is 94.1 cm³/mol. The van der Waals surface area contributed by atoms with Crippen molar-refractivity contribution in [2.75, 3.05) is 21.3 Å². The van der Waals surface area contributed by atoms with Gasteiger partial charge in [0.25, 0.3) is 0 Å². The number of carbonyl (C=O) groups is 1. The number of esters is 1. The van der Waals surface area contributed by atoms with Gasteiger partial charge in [-0.15, -0.1) is 0 Å². The first-order valence-corrected chi connectivity index (χ1v) is 8.10. The molecule has 0 saturated heterocycles. The van der Waals surface area contributed by atoms with E-state index in [-0.39, 0.29) is 18.3 Å². The van der Waals surface area contributed by atoms with E-state index in [2.05, 4.69) is 6.07 Å². The van der Waals surface area contributed by atoms with E-state index >= 15 is 0 Å². The Balaban J connectivity index is 2.18. The standard InChI is InChI=1S/C20H22O5/c1-11-6-7-14-15(10-18(21)25-19(14)12(11)2)13-8-16(22-3)20(24-5)17(9-13)23-4/h6-9,15H,10H2,1-5H3/t15-/m1/s1. The summed E-state index contributed by atoms with van der Waals surface area (Å²) in [5.74, 6) is 1.98. The van der Waals surface area contributed by atoms with Gasteiger partial charge in [-0.2, -0.15) is 0 Å². The molecule has 0 saturated carbocycles. The zero-order valence-electron chi connectivity index (χ0n) is 15.1. The van der Waals surface area contributed by atoms with E-state index in [1.807, 2.05) is 32.0 Å². The Kier molecular flexibility index (Phi) is 4.57. The van der Waals surface area contributed by atoms with Gasteiger partial charge in [-0.25, -0.2) is 0 Å². The summed E-state index contributed by atoms with van der Waals surface area (Å²) in [6, 6.07) is 7.86. The molecule has 5 heteroatoms. The first kappa shape index (κ1) is 17.1. The molecule has 0 amide bonds. The van der Waals surface area contributed by atoms with Gasteiger partial charge in [0.1, 0.15) is 5.75 Å². The van der Waals surface area contributed by atoms with E-state index < -0.39 is 0 Å². The Morgan fingerprint density at radius 2 is 1.64 bits per heavy atom. The maximum Gasteiger partial charge on any atom is 0.312 e. The molecule has 1 aliphatic rings. The largest absolute Gasteiger partial charge is 0.493 e. The molecule has 0 N–H and O–H groups in total. The smallest absolute Gasteiger partial charge is 0.312 e. The van der Waals surface area contributed by atoms with Crippen molar-refractivity contribution < 1.29 is 23.7 Å². The number of hydrogen-bond donors (Lipinski definition) is 0. The van der Waals surface area contributed by atoms with Crippen molar-refractivity contribution in [2.24, 2.45) is 0 Å². The highest BCUT2D eigenvalue weighted by atomic mass is 16.5. The van der Waals surface area contributed by atoms with Crippen LogP contribution >= 0.6 is 0 Å². The third-order valence-electron chi connectivity index (χ3n) is 4.76. The summed E-state index contributed by atoms with van der Waals surface area (Å²) in [5.41, 5.74) is 4.01. The second-order valence-corrected chi connectivity index (χ2v) is 6.12. The second kappa shape index (κ2) is 6.67. The number of carbonyl (C=O) groups excluding carboxylic acids is 1. The lowest BCUT2D eigenvalue weighted by Gasteiger charge is -2.27. The number of aryl methyl sites for hydroxylation is 1. The van der Waals surface area contributed by atoms with Gasteiger partial charge < -0.3 is 18.9 Å². The van der Waals surface area contributed by atoms with Crippen LogP contribution in [0.5, 0.6) is 23.0 Å². The van der Waals surface area contributed by atoms with Crippen LogP contribution < -0.4 is 18.9 Å². The maximum absolute atomic E-state index is 12.2. The lowest BCUT2D eigenvalue weighted by Crippen LogP contribution is -2.22. The number of ether oxygens (including phenoxy) is 4. The van der Waals surface area contributed by atoms with Crippen LogP contribution in [0.3, 0.4) is 0 Å². The minimum absolute atomic E-state index is 0.121. The summed E-state index contributed by atoms with van der Waals surface area (Å²) in [6.45, 7) is 3.98. The second-order valence-electron chi connectivity index (χ2n) is 6.12. The third-order valence-corrected chi connectivity index (χ3v) is 4.76. The number of rotatable bonds is 4. The SMILES string of the molecule is COc1cc([C@H]2CC(=O)Oc3c2ccc(C)c3C)cc(OC)c1OC. The van der Waals surface area contributed by atoms with Gasteiger partial charge in [0.05, 0.1) is 27.8 Å². The molecule has 1 aliphatic heterocycles. The zero-order chi connectivity index (χ0) is 18.1. The fraction of sp³-hybridized carbons (Fsp3) is 0.350. The summed E-state index contributed by atoms with van der Waals surface area (Å²) in [5, 5.41) is 0. The van der Waals surface area contributed by atoms with E-state index in [0.29, 0.717) is 23.0 Å². The van der Waals surface area contributed by atoms with Crippen LogP contribution in [0, 0.1) is 13.8 Å². The Bertz CT molecular complexity index is 800. The average molecular weight is 342 g/mol. The molecule has 2 aromatic carbocycles. The summed E-state index contributed by atoms with van der Waals surface area (Å²) >= 11 is 0. The Morgan fingerprint density at radius 3 is 2.20 bits per heavy atom. The fourth-order valence-electron chi connectivity index (χ4n) is 3.25. The van der Waals surface area contributed by atoms with Gasteiger partial charge in [0.2, 0.25) is 5.75 Å².